The molecule has 1 aromatic carbocycles. The lowest BCUT2D eigenvalue weighted by atomic mass is 10.0. The summed E-state index contributed by atoms with van der Waals surface area (Å²) in [6, 6.07) is 6.04. The fourth-order valence-electron chi connectivity index (χ4n) is 3.14. The Morgan fingerprint density at radius 3 is 2.48 bits per heavy atom. The van der Waals surface area contributed by atoms with E-state index < -0.39 is 6.03 Å². The van der Waals surface area contributed by atoms with Crippen molar-refractivity contribution in [3.63, 3.8) is 0 Å². The average Bonchev–Trinajstić information content (AvgIpc) is 2.89. The minimum absolute atomic E-state index is 0.0671. The molecule has 0 aromatic heterocycles. The fourth-order valence-corrected chi connectivity index (χ4v) is 3.14. The van der Waals surface area contributed by atoms with E-state index in [-0.39, 0.29) is 36.8 Å². The van der Waals surface area contributed by atoms with E-state index in [9.17, 15) is 18.8 Å². The number of imide groups is 1. The minimum atomic E-state index is -0.519. The highest BCUT2D eigenvalue weighted by atomic mass is 19.1. The van der Waals surface area contributed by atoms with Crippen LogP contribution in [0, 0.1) is 5.82 Å². The molecule has 0 aliphatic carbocycles. The largest absolute Gasteiger partial charge is 0.352 e. The number of nitrogens with zero attached hydrogens (tertiary/aromatic N) is 2. The van der Waals surface area contributed by atoms with E-state index in [1.807, 2.05) is 0 Å². The Morgan fingerprint density at radius 2 is 1.88 bits per heavy atom. The van der Waals surface area contributed by atoms with Crippen LogP contribution in [0.25, 0.3) is 0 Å². The molecule has 0 unspecified atom stereocenters. The second-order valence-corrected chi connectivity index (χ2v) is 6.45. The summed E-state index contributed by atoms with van der Waals surface area (Å²) >= 11 is 0. The van der Waals surface area contributed by atoms with Crippen LogP contribution < -0.4 is 10.6 Å². The monoisotopic (exact) mass is 348 g/mol. The van der Waals surface area contributed by atoms with E-state index >= 15 is 0 Å². The van der Waals surface area contributed by atoms with Gasteiger partial charge in [-0.25, -0.2) is 9.18 Å². The molecule has 7 nitrogen and oxygen atoms in total. The number of carbonyl (C=O) groups is 3. The number of hydrogen-bond donors (Lipinski definition) is 2. The lowest BCUT2D eigenvalue weighted by Gasteiger charge is -2.32. The molecule has 8 heteroatoms. The van der Waals surface area contributed by atoms with Crippen LogP contribution in [0.3, 0.4) is 0 Å². The van der Waals surface area contributed by atoms with Crippen LogP contribution in [0.2, 0.25) is 0 Å². The molecule has 2 fully saturated rings. The third-order valence-corrected chi connectivity index (χ3v) is 4.47. The molecule has 0 spiro atoms. The van der Waals surface area contributed by atoms with Gasteiger partial charge in [0.05, 0.1) is 0 Å². The van der Waals surface area contributed by atoms with Crippen LogP contribution in [0.15, 0.2) is 24.3 Å². The quantitative estimate of drug-likeness (QED) is 0.758. The molecular formula is C17H21FN4O3. The number of nitrogens with one attached hydrogen (secondary N) is 2. The Hall–Kier alpha value is -2.48. The van der Waals surface area contributed by atoms with Gasteiger partial charge in [0.1, 0.15) is 18.9 Å². The van der Waals surface area contributed by atoms with E-state index in [4.69, 9.17) is 0 Å². The van der Waals surface area contributed by atoms with Gasteiger partial charge in [-0.3, -0.25) is 19.8 Å². The molecule has 25 heavy (non-hydrogen) atoms. The van der Waals surface area contributed by atoms with Gasteiger partial charge in [0, 0.05) is 25.7 Å². The van der Waals surface area contributed by atoms with E-state index in [1.54, 1.807) is 12.1 Å². The third kappa shape index (κ3) is 4.76. The number of rotatable bonds is 5. The normalized spacial score (nSPS) is 19.2. The van der Waals surface area contributed by atoms with Crippen molar-refractivity contribution in [3.8, 4) is 0 Å². The van der Waals surface area contributed by atoms with Gasteiger partial charge in [0.2, 0.25) is 11.8 Å². The summed E-state index contributed by atoms with van der Waals surface area (Å²) in [5, 5.41) is 5.07. The zero-order valence-corrected chi connectivity index (χ0v) is 13.8. The summed E-state index contributed by atoms with van der Waals surface area (Å²) in [7, 11) is 0. The minimum Gasteiger partial charge on any atom is -0.352 e. The maximum absolute atomic E-state index is 12.9. The van der Waals surface area contributed by atoms with Gasteiger partial charge in [-0.2, -0.15) is 0 Å². The van der Waals surface area contributed by atoms with Gasteiger partial charge in [-0.1, -0.05) is 12.1 Å². The second kappa shape index (κ2) is 7.60. The van der Waals surface area contributed by atoms with Crippen LogP contribution in [0.1, 0.15) is 18.4 Å². The Kier molecular flexibility index (Phi) is 5.28. The summed E-state index contributed by atoms with van der Waals surface area (Å²) in [6.07, 6.45) is 1.64. The van der Waals surface area contributed by atoms with Crippen LogP contribution >= 0.6 is 0 Å². The fraction of sp³-hybridized carbons (Fsp3) is 0.471. The van der Waals surface area contributed by atoms with Crippen LogP contribution in [0.5, 0.6) is 0 Å². The Balaban J connectivity index is 1.40. The SMILES string of the molecule is O=C1CN(CC(=O)NC2CCN(Cc3ccc(F)cc3)CC2)C(=O)N1. The first-order valence-electron chi connectivity index (χ1n) is 8.34. The van der Waals surface area contributed by atoms with Gasteiger partial charge in [0.25, 0.3) is 0 Å². The van der Waals surface area contributed by atoms with Crippen molar-refractivity contribution in [2.24, 2.45) is 0 Å². The Morgan fingerprint density at radius 1 is 1.20 bits per heavy atom. The maximum Gasteiger partial charge on any atom is 0.325 e. The Labute approximate surface area is 145 Å². The predicted octanol–water partition coefficient (Wildman–Crippen LogP) is 0.458. The molecule has 2 saturated heterocycles. The lowest BCUT2D eigenvalue weighted by Crippen LogP contribution is -2.47. The molecule has 2 aliphatic heterocycles. The van der Waals surface area contributed by atoms with Crippen molar-refractivity contribution < 1.29 is 18.8 Å². The molecule has 0 radical (unpaired) electrons. The highest BCUT2D eigenvalue weighted by Crippen LogP contribution is 2.14. The molecule has 0 bridgehead atoms. The summed E-state index contributed by atoms with van der Waals surface area (Å²) < 4.78 is 12.9. The van der Waals surface area contributed by atoms with Gasteiger partial charge in [-0.05, 0) is 30.5 Å². The number of piperidine rings is 1. The van der Waals surface area contributed by atoms with Crippen molar-refractivity contribution in [1.29, 1.82) is 0 Å². The van der Waals surface area contributed by atoms with Crippen molar-refractivity contribution >= 4 is 17.8 Å². The second-order valence-electron chi connectivity index (χ2n) is 6.45. The first-order chi connectivity index (χ1) is 12.0. The first-order valence-corrected chi connectivity index (χ1v) is 8.34. The zero-order chi connectivity index (χ0) is 17.8. The molecule has 0 atom stereocenters. The number of hydrogen-bond acceptors (Lipinski definition) is 4. The Bertz CT molecular complexity index is 656. The van der Waals surface area contributed by atoms with Gasteiger partial charge >= 0.3 is 6.03 Å². The number of amides is 4. The van der Waals surface area contributed by atoms with Crippen molar-refractivity contribution in [1.82, 2.24) is 20.4 Å². The number of carbonyl (C=O) groups excluding carboxylic acids is 3. The highest BCUT2D eigenvalue weighted by Gasteiger charge is 2.29. The maximum atomic E-state index is 12.9. The molecule has 4 amide bonds. The topological polar surface area (TPSA) is 81.8 Å². The zero-order valence-electron chi connectivity index (χ0n) is 13.8. The number of benzene rings is 1. The summed E-state index contributed by atoms with van der Waals surface area (Å²) in [5.74, 6) is -0.868. The van der Waals surface area contributed by atoms with E-state index in [0.717, 1.165) is 38.0 Å². The summed E-state index contributed by atoms with van der Waals surface area (Å²) in [5.41, 5.74) is 1.06. The summed E-state index contributed by atoms with van der Waals surface area (Å²) in [4.78, 5) is 38.0. The summed E-state index contributed by atoms with van der Waals surface area (Å²) in [6.45, 7) is 2.27. The third-order valence-electron chi connectivity index (χ3n) is 4.47. The van der Waals surface area contributed by atoms with Crippen LogP contribution in [-0.2, 0) is 16.1 Å². The molecule has 1 aromatic rings. The first kappa shape index (κ1) is 17.3. The molecule has 2 heterocycles. The molecule has 3 rings (SSSR count). The average molecular weight is 348 g/mol. The van der Waals surface area contributed by atoms with Crippen molar-refractivity contribution in [2.75, 3.05) is 26.2 Å². The van der Waals surface area contributed by atoms with Gasteiger partial charge < -0.3 is 10.2 Å². The molecule has 134 valence electrons. The van der Waals surface area contributed by atoms with Gasteiger partial charge in [-0.15, -0.1) is 0 Å². The van der Waals surface area contributed by atoms with E-state index in [1.165, 1.54) is 17.0 Å². The van der Waals surface area contributed by atoms with Crippen molar-refractivity contribution in [2.45, 2.75) is 25.4 Å². The molecule has 0 saturated carbocycles. The lowest BCUT2D eigenvalue weighted by molar-refractivity contribution is -0.122. The van der Waals surface area contributed by atoms with E-state index in [2.05, 4.69) is 15.5 Å². The van der Waals surface area contributed by atoms with E-state index in [0.29, 0.717) is 0 Å². The number of likely N-dealkylation sites (tertiary alicyclic amines) is 1. The predicted molar refractivity (Wildman–Crippen MR) is 88.0 cm³/mol. The highest BCUT2D eigenvalue weighted by molar-refractivity contribution is 6.03. The molecular weight excluding hydrogens is 327 g/mol. The van der Waals surface area contributed by atoms with Crippen LogP contribution in [-0.4, -0.2) is 59.9 Å². The molecule has 2 N–H and O–H groups in total. The van der Waals surface area contributed by atoms with Crippen molar-refractivity contribution in [3.05, 3.63) is 35.6 Å². The standard InChI is InChI=1S/C17H21FN4O3/c18-13-3-1-12(2-4-13)9-21-7-5-14(6-8-21)19-15(23)10-22-11-16(24)20-17(22)25/h1-4,14H,5-11H2,(H,19,23)(H,20,24,25). The van der Waals surface area contributed by atoms with Gasteiger partial charge in [0.15, 0.2) is 0 Å². The number of halogens is 1. The molecule has 2 aliphatic rings. The smallest absolute Gasteiger partial charge is 0.325 e. The number of urea groups is 1. The van der Waals surface area contributed by atoms with Crippen LogP contribution in [0.4, 0.5) is 9.18 Å².